The van der Waals surface area contributed by atoms with E-state index in [1.165, 1.54) is 29.7 Å². The van der Waals surface area contributed by atoms with E-state index in [-0.39, 0.29) is 0 Å². The van der Waals surface area contributed by atoms with Gasteiger partial charge in [-0.2, -0.15) is 0 Å². The second kappa shape index (κ2) is 4.35. The number of hydrogen-bond acceptors (Lipinski definition) is 1. The van der Waals surface area contributed by atoms with Gasteiger partial charge in [0.05, 0.1) is 0 Å². The van der Waals surface area contributed by atoms with E-state index in [9.17, 15) is 0 Å². The molecule has 0 bridgehead atoms. The lowest BCUT2D eigenvalue weighted by atomic mass is 9.96. The summed E-state index contributed by atoms with van der Waals surface area (Å²) in [6.07, 6.45) is 8.92. The summed E-state index contributed by atoms with van der Waals surface area (Å²) in [5.41, 5.74) is 3.74. The van der Waals surface area contributed by atoms with Gasteiger partial charge in [-0.25, -0.2) is 0 Å². The van der Waals surface area contributed by atoms with Gasteiger partial charge >= 0.3 is 0 Å². The maximum absolute atomic E-state index is 3.81. The van der Waals surface area contributed by atoms with E-state index in [2.05, 4.69) is 42.2 Å². The fourth-order valence-corrected chi connectivity index (χ4v) is 2.11. The Labute approximate surface area is 91.5 Å². The van der Waals surface area contributed by atoms with Crippen LogP contribution in [0.25, 0.3) is 6.08 Å². The summed E-state index contributed by atoms with van der Waals surface area (Å²) >= 11 is 0. The van der Waals surface area contributed by atoms with Crippen LogP contribution in [-0.4, -0.2) is 7.05 Å². The zero-order chi connectivity index (χ0) is 10.7. The first-order chi connectivity index (χ1) is 7.35. The van der Waals surface area contributed by atoms with E-state index < -0.39 is 0 Å². The molecule has 1 nitrogen and oxygen atoms in total. The van der Waals surface area contributed by atoms with Crippen LogP contribution >= 0.6 is 0 Å². The van der Waals surface area contributed by atoms with Crippen molar-refractivity contribution in [3.8, 4) is 0 Å². The lowest BCUT2D eigenvalue weighted by molar-refractivity contribution is 0.801. The third kappa shape index (κ3) is 1.96. The van der Waals surface area contributed by atoms with Crippen LogP contribution in [-0.2, 0) is 0 Å². The first-order valence-electron chi connectivity index (χ1n) is 5.46. The highest BCUT2D eigenvalue weighted by Gasteiger charge is 2.12. The van der Waals surface area contributed by atoms with E-state index in [1.807, 2.05) is 13.1 Å². The van der Waals surface area contributed by atoms with E-state index in [0.29, 0.717) is 5.92 Å². The van der Waals surface area contributed by atoms with Crippen molar-refractivity contribution < 1.29 is 0 Å². The molecule has 0 radical (unpaired) electrons. The SMILES string of the molecule is C=Cc1ccc(C2C=CCC2)cc1NC. The topological polar surface area (TPSA) is 12.0 Å². The molecule has 0 amide bonds. The van der Waals surface area contributed by atoms with Crippen molar-refractivity contribution in [1.29, 1.82) is 0 Å². The number of allylic oxidation sites excluding steroid dienone is 2. The molecular weight excluding hydrogens is 182 g/mol. The molecule has 0 fully saturated rings. The minimum Gasteiger partial charge on any atom is -0.388 e. The summed E-state index contributed by atoms with van der Waals surface area (Å²) in [5, 5.41) is 3.22. The minimum atomic E-state index is 0.607. The zero-order valence-corrected chi connectivity index (χ0v) is 9.16. The lowest BCUT2D eigenvalue weighted by Gasteiger charge is -2.12. The Morgan fingerprint density at radius 1 is 1.47 bits per heavy atom. The van der Waals surface area contributed by atoms with E-state index in [4.69, 9.17) is 0 Å². The second-order valence-electron chi connectivity index (χ2n) is 3.91. The van der Waals surface area contributed by atoms with Crippen LogP contribution in [0.3, 0.4) is 0 Å². The van der Waals surface area contributed by atoms with Gasteiger partial charge in [0.25, 0.3) is 0 Å². The van der Waals surface area contributed by atoms with Crippen LogP contribution in [0.15, 0.2) is 36.9 Å². The highest BCUT2D eigenvalue weighted by atomic mass is 14.8. The van der Waals surface area contributed by atoms with Gasteiger partial charge in [-0.05, 0) is 30.0 Å². The summed E-state index contributed by atoms with van der Waals surface area (Å²) in [4.78, 5) is 0. The zero-order valence-electron chi connectivity index (χ0n) is 9.16. The monoisotopic (exact) mass is 199 g/mol. The average molecular weight is 199 g/mol. The number of benzene rings is 1. The quantitative estimate of drug-likeness (QED) is 0.730. The number of anilines is 1. The van der Waals surface area contributed by atoms with Crippen LogP contribution in [0.4, 0.5) is 5.69 Å². The molecule has 1 unspecified atom stereocenters. The Kier molecular flexibility index (Phi) is 2.91. The molecule has 0 saturated heterocycles. The first kappa shape index (κ1) is 10.0. The van der Waals surface area contributed by atoms with Crippen molar-refractivity contribution in [2.75, 3.05) is 12.4 Å². The number of hydrogen-bond donors (Lipinski definition) is 1. The van der Waals surface area contributed by atoms with Crippen molar-refractivity contribution in [3.05, 3.63) is 48.1 Å². The van der Waals surface area contributed by atoms with Gasteiger partial charge in [0.15, 0.2) is 0 Å². The Bertz CT molecular complexity index is 390. The van der Waals surface area contributed by atoms with Gasteiger partial charge in [0.1, 0.15) is 0 Å². The van der Waals surface area contributed by atoms with Gasteiger partial charge in [0.2, 0.25) is 0 Å². The maximum atomic E-state index is 3.81. The largest absolute Gasteiger partial charge is 0.388 e. The maximum Gasteiger partial charge on any atom is 0.0413 e. The van der Waals surface area contributed by atoms with Gasteiger partial charge in [-0.3, -0.25) is 0 Å². The van der Waals surface area contributed by atoms with E-state index >= 15 is 0 Å². The van der Waals surface area contributed by atoms with Crippen LogP contribution < -0.4 is 5.32 Å². The van der Waals surface area contributed by atoms with Gasteiger partial charge in [-0.1, -0.05) is 36.9 Å². The van der Waals surface area contributed by atoms with E-state index in [0.717, 1.165) is 0 Å². The molecule has 0 aliphatic heterocycles. The summed E-state index contributed by atoms with van der Waals surface area (Å²) in [6, 6.07) is 6.58. The fourth-order valence-electron chi connectivity index (χ4n) is 2.11. The molecular formula is C14H17N. The molecule has 1 N–H and O–H groups in total. The standard InChI is InChI=1S/C14H17N/c1-3-11-8-9-13(10-14(11)15-2)12-6-4-5-7-12/h3-4,6,8-10,12,15H,1,5,7H2,2H3. The normalized spacial score (nSPS) is 19.1. The van der Waals surface area contributed by atoms with Crippen LogP contribution in [0.5, 0.6) is 0 Å². The summed E-state index contributed by atoms with van der Waals surface area (Å²) in [7, 11) is 1.95. The number of nitrogens with one attached hydrogen (secondary N) is 1. The molecule has 2 rings (SSSR count). The fraction of sp³-hybridized carbons (Fsp3) is 0.286. The molecule has 0 spiro atoms. The van der Waals surface area contributed by atoms with Gasteiger partial charge in [-0.15, -0.1) is 0 Å². The molecule has 0 aromatic heterocycles. The van der Waals surface area contributed by atoms with Crippen molar-refractivity contribution >= 4 is 11.8 Å². The molecule has 1 aromatic carbocycles. The highest BCUT2D eigenvalue weighted by molar-refractivity contribution is 5.66. The molecule has 0 heterocycles. The highest BCUT2D eigenvalue weighted by Crippen LogP contribution is 2.31. The van der Waals surface area contributed by atoms with Crippen LogP contribution in [0.1, 0.15) is 29.9 Å². The summed E-state index contributed by atoms with van der Waals surface area (Å²) in [5.74, 6) is 0.607. The lowest BCUT2D eigenvalue weighted by Crippen LogP contribution is -1.96. The molecule has 1 aliphatic carbocycles. The number of rotatable bonds is 3. The smallest absolute Gasteiger partial charge is 0.0413 e. The molecule has 1 aliphatic rings. The molecule has 1 atom stereocenters. The molecule has 0 saturated carbocycles. The van der Waals surface area contributed by atoms with Crippen LogP contribution in [0.2, 0.25) is 0 Å². The second-order valence-corrected chi connectivity index (χ2v) is 3.91. The molecule has 1 aromatic rings. The third-order valence-corrected chi connectivity index (χ3v) is 3.01. The molecule has 1 heteroatoms. The molecule has 15 heavy (non-hydrogen) atoms. The first-order valence-corrected chi connectivity index (χ1v) is 5.46. The predicted molar refractivity (Wildman–Crippen MR) is 67.2 cm³/mol. The average Bonchev–Trinajstić information content (AvgIpc) is 2.81. The predicted octanol–water partition coefficient (Wildman–Crippen LogP) is 3.80. The van der Waals surface area contributed by atoms with Crippen molar-refractivity contribution in [3.63, 3.8) is 0 Å². The Morgan fingerprint density at radius 3 is 2.93 bits per heavy atom. The molecule has 78 valence electrons. The van der Waals surface area contributed by atoms with Gasteiger partial charge in [0, 0.05) is 18.7 Å². The van der Waals surface area contributed by atoms with Crippen LogP contribution in [0, 0.1) is 0 Å². The summed E-state index contributed by atoms with van der Waals surface area (Å²) in [6.45, 7) is 3.81. The third-order valence-electron chi connectivity index (χ3n) is 3.01. The Balaban J connectivity index is 2.33. The summed E-state index contributed by atoms with van der Waals surface area (Å²) < 4.78 is 0. The minimum absolute atomic E-state index is 0.607. The van der Waals surface area contributed by atoms with Crippen molar-refractivity contribution in [1.82, 2.24) is 0 Å². The van der Waals surface area contributed by atoms with Crippen molar-refractivity contribution in [2.24, 2.45) is 0 Å². The Hall–Kier alpha value is -1.50. The van der Waals surface area contributed by atoms with Gasteiger partial charge < -0.3 is 5.32 Å². The Morgan fingerprint density at radius 2 is 2.33 bits per heavy atom. The van der Waals surface area contributed by atoms with E-state index in [1.54, 1.807) is 0 Å². The van der Waals surface area contributed by atoms with Crippen molar-refractivity contribution in [2.45, 2.75) is 18.8 Å².